The van der Waals surface area contributed by atoms with Crippen molar-refractivity contribution in [2.24, 2.45) is 11.1 Å². The number of hydrogen-bond donors (Lipinski definition) is 1. The third-order valence-corrected chi connectivity index (χ3v) is 8.95. The topological polar surface area (TPSA) is 66.6 Å². The molecule has 0 spiro atoms. The van der Waals surface area contributed by atoms with Gasteiger partial charge < -0.3 is 15.5 Å². The van der Waals surface area contributed by atoms with Crippen LogP contribution in [0, 0.1) is 5.41 Å². The first-order chi connectivity index (χ1) is 18.0. The average molecular weight is 516 g/mol. The summed E-state index contributed by atoms with van der Waals surface area (Å²) in [4.78, 5) is 32.2. The molecule has 0 saturated carbocycles. The number of amides is 2. The number of benzene rings is 2. The Balaban J connectivity index is 1.31. The number of piperidine rings is 2. The van der Waals surface area contributed by atoms with Crippen LogP contribution in [0.3, 0.4) is 0 Å². The Labute approximate surface area is 224 Å². The molecule has 194 valence electrons. The molecule has 2 aliphatic heterocycles. The normalized spacial score (nSPS) is 18.4. The lowest BCUT2D eigenvalue weighted by molar-refractivity contribution is -0.149. The number of hydrogen-bond acceptors (Lipinski definition) is 4. The van der Waals surface area contributed by atoms with E-state index in [0.29, 0.717) is 38.8 Å². The minimum absolute atomic E-state index is 0.000337. The van der Waals surface area contributed by atoms with Crippen LogP contribution in [-0.2, 0) is 22.4 Å². The van der Waals surface area contributed by atoms with Crippen LogP contribution in [0.5, 0.6) is 0 Å². The molecule has 2 N–H and O–H groups in total. The third-order valence-electron chi connectivity index (χ3n) is 8.05. The molecule has 0 unspecified atom stereocenters. The molecule has 2 amide bonds. The third kappa shape index (κ3) is 5.97. The number of rotatable bonds is 7. The van der Waals surface area contributed by atoms with Crippen LogP contribution in [0.25, 0.3) is 11.1 Å². The molecule has 1 aromatic heterocycles. The van der Waals surface area contributed by atoms with Crippen molar-refractivity contribution >= 4 is 23.2 Å². The van der Waals surface area contributed by atoms with Gasteiger partial charge in [0.15, 0.2) is 0 Å². The number of nitrogens with two attached hydrogens (primary N) is 1. The van der Waals surface area contributed by atoms with E-state index in [2.05, 4.69) is 53.4 Å². The molecule has 3 heterocycles. The van der Waals surface area contributed by atoms with Gasteiger partial charge in [-0.05, 0) is 66.7 Å². The Kier molecular flexibility index (Phi) is 8.06. The van der Waals surface area contributed by atoms with Crippen molar-refractivity contribution in [2.75, 3.05) is 26.2 Å². The van der Waals surface area contributed by atoms with Crippen molar-refractivity contribution in [3.05, 3.63) is 82.6 Å². The first-order valence-corrected chi connectivity index (χ1v) is 14.4. The molecular weight excluding hydrogens is 478 g/mol. The smallest absolute Gasteiger partial charge is 0.239 e. The van der Waals surface area contributed by atoms with Crippen LogP contribution >= 0.6 is 11.3 Å². The van der Waals surface area contributed by atoms with Crippen LogP contribution in [-0.4, -0.2) is 53.8 Å². The van der Waals surface area contributed by atoms with Gasteiger partial charge in [0.25, 0.3) is 0 Å². The second-order valence-electron chi connectivity index (χ2n) is 10.6. The fraction of sp³-hybridized carbons (Fsp3) is 0.419. The summed E-state index contributed by atoms with van der Waals surface area (Å²) in [7, 11) is 0. The van der Waals surface area contributed by atoms with Crippen LogP contribution in [0.15, 0.2) is 72.1 Å². The van der Waals surface area contributed by atoms with E-state index in [4.69, 9.17) is 5.73 Å². The van der Waals surface area contributed by atoms with Crippen molar-refractivity contribution in [1.29, 1.82) is 0 Å². The highest BCUT2D eigenvalue weighted by atomic mass is 32.1. The number of nitrogens with zero attached hydrogens (tertiary/aromatic N) is 2. The SMILES string of the molecule is N[C@@H](Cc1cccs1)C(=O)N1CCC(Cc2ccc(-c3ccccc3)cc2)(C(=O)N2CCCCC2)CC1. The highest BCUT2D eigenvalue weighted by molar-refractivity contribution is 7.09. The maximum absolute atomic E-state index is 14.0. The molecule has 5 rings (SSSR count). The standard InChI is InChI=1S/C31H37N3O2S/c32-28(22-27-10-7-21-37-27)29(35)33-19-15-31(16-20-33,30(36)34-17-5-2-6-18-34)23-24-11-13-26(14-12-24)25-8-3-1-4-9-25/h1,3-4,7-14,21,28H,2,5-6,15-20,22-23,32H2/t28-/m0/s1. The van der Waals surface area contributed by atoms with Crippen LogP contribution in [0.2, 0.25) is 0 Å². The summed E-state index contributed by atoms with van der Waals surface area (Å²) in [5.41, 5.74) is 9.39. The maximum atomic E-state index is 14.0. The summed E-state index contributed by atoms with van der Waals surface area (Å²) >= 11 is 1.63. The van der Waals surface area contributed by atoms with Gasteiger partial charge in [0, 0.05) is 37.5 Å². The highest BCUT2D eigenvalue weighted by Gasteiger charge is 2.45. The molecule has 5 nitrogen and oxygen atoms in total. The minimum atomic E-state index is -0.533. The second-order valence-corrected chi connectivity index (χ2v) is 11.6. The lowest BCUT2D eigenvalue weighted by Gasteiger charge is -2.44. The van der Waals surface area contributed by atoms with E-state index in [0.717, 1.165) is 30.8 Å². The average Bonchev–Trinajstić information content (AvgIpc) is 3.47. The van der Waals surface area contributed by atoms with Gasteiger partial charge in [-0.3, -0.25) is 9.59 Å². The van der Waals surface area contributed by atoms with Crippen molar-refractivity contribution in [1.82, 2.24) is 9.80 Å². The van der Waals surface area contributed by atoms with E-state index >= 15 is 0 Å². The first kappa shape index (κ1) is 25.7. The van der Waals surface area contributed by atoms with Gasteiger partial charge in [-0.2, -0.15) is 0 Å². The van der Waals surface area contributed by atoms with Gasteiger partial charge in [0.1, 0.15) is 0 Å². The fourth-order valence-corrected chi connectivity index (χ4v) is 6.62. The van der Waals surface area contributed by atoms with Crippen LogP contribution in [0.1, 0.15) is 42.5 Å². The van der Waals surface area contributed by atoms with Crippen LogP contribution < -0.4 is 5.73 Å². The summed E-state index contributed by atoms with van der Waals surface area (Å²) in [6.07, 6.45) is 5.99. The van der Waals surface area contributed by atoms with E-state index < -0.39 is 11.5 Å². The zero-order valence-corrected chi connectivity index (χ0v) is 22.3. The van der Waals surface area contributed by atoms with Crippen molar-refractivity contribution in [3.63, 3.8) is 0 Å². The summed E-state index contributed by atoms with van der Waals surface area (Å²) in [5.74, 6) is 0.272. The number of likely N-dealkylation sites (tertiary alicyclic amines) is 2. The Hall–Kier alpha value is -2.96. The van der Waals surface area contributed by atoms with Gasteiger partial charge in [0.05, 0.1) is 11.5 Å². The zero-order chi connectivity index (χ0) is 25.7. The van der Waals surface area contributed by atoms with Crippen molar-refractivity contribution in [2.45, 2.75) is 51.0 Å². The highest BCUT2D eigenvalue weighted by Crippen LogP contribution is 2.38. The second kappa shape index (κ2) is 11.6. The zero-order valence-electron chi connectivity index (χ0n) is 21.5. The quantitative estimate of drug-likeness (QED) is 0.473. The van der Waals surface area contributed by atoms with E-state index in [1.54, 1.807) is 11.3 Å². The first-order valence-electron chi connectivity index (χ1n) is 13.5. The molecule has 0 bridgehead atoms. The fourth-order valence-electron chi connectivity index (χ4n) is 5.86. The molecule has 0 radical (unpaired) electrons. The number of thiophene rings is 1. The lowest BCUT2D eigenvalue weighted by atomic mass is 9.72. The number of carbonyl (C=O) groups is 2. The summed E-state index contributed by atoms with van der Waals surface area (Å²) in [6, 6.07) is 22.5. The Morgan fingerprint density at radius 2 is 1.49 bits per heavy atom. The minimum Gasteiger partial charge on any atom is -0.342 e. The summed E-state index contributed by atoms with van der Waals surface area (Å²) < 4.78 is 0. The molecule has 37 heavy (non-hydrogen) atoms. The molecule has 6 heteroatoms. The summed E-state index contributed by atoms with van der Waals surface area (Å²) in [6.45, 7) is 2.86. The van der Waals surface area contributed by atoms with Gasteiger partial charge in [-0.1, -0.05) is 60.7 Å². The van der Waals surface area contributed by atoms with Crippen molar-refractivity contribution < 1.29 is 9.59 Å². The van der Waals surface area contributed by atoms with E-state index in [-0.39, 0.29) is 11.8 Å². The Morgan fingerprint density at radius 1 is 0.811 bits per heavy atom. The van der Waals surface area contributed by atoms with Crippen molar-refractivity contribution in [3.8, 4) is 11.1 Å². The monoisotopic (exact) mass is 515 g/mol. The summed E-state index contributed by atoms with van der Waals surface area (Å²) in [5, 5.41) is 2.01. The van der Waals surface area contributed by atoms with E-state index in [1.807, 2.05) is 28.5 Å². The predicted octanol–water partition coefficient (Wildman–Crippen LogP) is 5.15. The molecular formula is C31H37N3O2S. The van der Waals surface area contributed by atoms with Gasteiger partial charge in [-0.15, -0.1) is 11.3 Å². The van der Waals surface area contributed by atoms with Gasteiger partial charge in [-0.25, -0.2) is 0 Å². The maximum Gasteiger partial charge on any atom is 0.239 e. The molecule has 2 fully saturated rings. The molecule has 1 atom stereocenters. The molecule has 2 aromatic carbocycles. The van der Waals surface area contributed by atoms with E-state index in [9.17, 15) is 9.59 Å². The molecule has 2 aliphatic rings. The van der Waals surface area contributed by atoms with Gasteiger partial charge in [0.2, 0.25) is 11.8 Å². The molecule has 0 aliphatic carbocycles. The molecule has 2 saturated heterocycles. The lowest BCUT2D eigenvalue weighted by Crippen LogP contribution is -2.55. The largest absolute Gasteiger partial charge is 0.342 e. The van der Waals surface area contributed by atoms with Gasteiger partial charge >= 0.3 is 0 Å². The van der Waals surface area contributed by atoms with Crippen LogP contribution in [0.4, 0.5) is 0 Å². The number of carbonyl (C=O) groups excluding carboxylic acids is 2. The van der Waals surface area contributed by atoms with E-state index in [1.165, 1.54) is 23.1 Å². The Bertz CT molecular complexity index is 1160. The predicted molar refractivity (Wildman–Crippen MR) is 150 cm³/mol. The molecule has 3 aromatic rings. The Morgan fingerprint density at radius 3 is 2.14 bits per heavy atom.